The first-order chi connectivity index (χ1) is 12.3. The van der Waals surface area contributed by atoms with Crippen molar-refractivity contribution in [2.24, 2.45) is 0 Å². The number of phenols is 1. The number of amides is 1. The first kappa shape index (κ1) is 19.4. The van der Waals surface area contributed by atoms with E-state index in [4.69, 9.17) is 4.74 Å². The van der Waals surface area contributed by atoms with Crippen LogP contribution in [0.4, 0.5) is 5.13 Å². The Morgan fingerprint density at radius 2 is 2.19 bits per heavy atom. The smallest absolute Gasteiger partial charge is 0.268 e. The number of benzene rings is 1. The van der Waals surface area contributed by atoms with Crippen LogP contribution in [0.3, 0.4) is 0 Å². The van der Waals surface area contributed by atoms with E-state index in [2.05, 4.69) is 15.5 Å². The average Bonchev–Trinajstić information content (AvgIpc) is 3.10. The topological polar surface area (TPSA) is 142 Å². The lowest BCUT2D eigenvalue weighted by molar-refractivity contribution is -0.112. The van der Waals surface area contributed by atoms with Gasteiger partial charge in [-0.25, -0.2) is 8.42 Å². The first-order valence-corrected chi connectivity index (χ1v) is 9.64. The quantitative estimate of drug-likeness (QED) is 0.427. The SMILES string of the molecule is CCS(=O)(=O)c1nnc(NC(=O)/C(C#N)=C\c2ccc(O)c(OC)c2)s1. The molecule has 2 N–H and O–H groups in total. The van der Waals surface area contributed by atoms with Crippen molar-refractivity contribution >= 4 is 38.3 Å². The second-order valence-electron chi connectivity index (χ2n) is 4.83. The summed E-state index contributed by atoms with van der Waals surface area (Å²) in [5, 5.41) is 28.2. The maximum atomic E-state index is 12.2. The number of aromatic hydroxyl groups is 1. The molecule has 2 aromatic rings. The summed E-state index contributed by atoms with van der Waals surface area (Å²) in [6.45, 7) is 1.47. The van der Waals surface area contributed by atoms with Crippen LogP contribution in [-0.2, 0) is 14.6 Å². The summed E-state index contributed by atoms with van der Waals surface area (Å²) >= 11 is 0.703. The predicted molar refractivity (Wildman–Crippen MR) is 94.5 cm³/mol. The average molecular weight is 394 g/mol. The van der Waals surface area contributed by atoms with Gasteiger partial charge in [0.05, 0.1) is 12.9 Å². The van der Waals surface area contributed by atoms with Gasteiger partial charge in [0.2, 0.25) is 19.3 Å². The van der Waals surface area contributed by atoms with Crippen LogP contribution in [-0.4, -0.2) is 42.5 Å². The number of carbonyl (C=O) groups excluding carboxylic acids is 1. The van der Waals surface area contributed by atoms with Gasteiger partial charge in [-0.15, -0.1) is 10.2 Å². The van der Waals surface area contributed by atoms with Gasteiger partial charge in [0.15, 0.2) is 11.5 Å². The highest BCUT2D eigenvalue weighted by Gasteiger charge is 2.20. The lowest BCUT2D eigenvalue weighted by Gasteiger charge is -2.04. The number of nitrogens with zero attached hydrogens (tertiary/aromatic N) is 3. The molecule has 0 atom stereocenters. The van der Waals surface area contributed by atoms with Crippen molar-refractivity contribution in [1.29, 1.82) is 5.26 Å². The minimum atomic E-state index is -3.52. The maximum absolute atomic E-state index is 12.2. The van der Waals surface area contributed by atoms with Gasteiger partial charge in [-0.05, 0) is 23.8 Å². The van der Waals surface area contributed by atoms with E-state index < -0.39 is 15.7 Å². The van der Waals surface area contributed by atoms with Crippen LogP contribution in [0.5, 0.6) is 11.5 Å². The van der Waals surface area contributed by atoms with Gasteiger partial charge in [-0.3, -0.25) is 10.1 Å². The minimum absolute atomic E-state index is 0.0357. The summed E-state index contributed by atoms with van der Waals surface area (Å²) in [4.78, 5) is 12.2. The highest BCUT2D eigenvalue weighted by atomic mass is 32.2. The summed E-state index contributed by atoms with van der Waals surface area (Å²) in [6.07, 6.45) is 1.29. The van der Waals surface area contributed by atoms with Gasteiger partial charge in [0, 0.05) is 0 Å². The molecule has 0 aliphatic heterocycles. The van der Waals surface area contributed by atoms with Crippen molar-refractivity contribution in [3.05, 3.63) is 29.3 Å². The third-order valence-corrected chi connectivity index (χ3v) is 6.17. The zero-order valence-electron chi connectivity index (χ0n) is 13.8. The largest absolute Gasteiger partial charge is 0.504 e. The molecule has 1 aromatic carbocycles. The van der Waals surface area contributed by atoms with Gasteiger partial charge in [-0.1, -0.05) is 24.3 Å². The standard InChI is InChI=1S/C15H14N4O5S2/c1-3-26(22,23)15-19-18-14(25-15)17-13(21)10(8-16)6-9-4-5-11(20)12(7-9)24-2/h4-7,20H,3H2,1-2H3,(H,17,18,21)/b10-6-. The predicted octanol–water partition coefficient (Wildman–Crippen LogP) is 1.59. The van der Waals surface area contributed by atoms with Crippen molar-refractivity contribution in [3.8, 4) is 17.6 Å². The van der Waals surface area contributed by atoms with Gasteiger partial charge >= 0.3 is 0 Å². The lowest BCUT2D eigenvalue weighted by Crippen LogP contribution is -2.13. The van der Waals surface area contributed by atoms with E-state index in [1.165, 1.54) is 38.3 Å². The van der Waals surface area contributed by atoms with Gasteiger partial charge in [0.1, 0.15) is 11.6 Å². The van der Waals surface area contributed by atoms with E-state index in [1.54, 1.807) is 6.07 Å². The Balaban J connectivity index is 2.23. The van der Waals surface area contributed by atoms with E-state index in [9.17, 15) is 23.6 Å². The molecule has 0 aliphatic carbocycles. The number of rotatable bonds is 6. The van der Waals surface area contributed by atoms with Crippen LogP contribution >= 0.6 is 11.3 Å². The second-order valence-corrected chi connectivity index (χ2v) is 8.26. The Kier molecular flexibility index (Phi) is 5.91. The normalized spacial score (nSPS) is 11.7. The van der Waals surface area contributed by atoms with Crippen molar-refractivity contribution in [3.63, 3.8) is 0 Å². The lowest BCUT2D eigenvalue weighted by atomic mass is 10.1. The van der Waals surface area contributed by atoms with Crippen molar-refractivity contribution in [1.82, 2.24) is 10.2 Å². The molecule has 0 saturated carbocycles. The summed E-state index contributed by atoms with van der Waals surface area (Å²) in [7, 11) is -2.15. The number of anilines is 1. The number of nitrogens with one attached hydrogen (secondary N) is 1. The highest BCUT2D eigenvalue weighted by Crippen LogP contribution is 2.27. The Bertz CT molecular complexity index is 1010. The van der Waals surface area contributed by atoms with E-state index in [-0.39, 0.29) is 32.3 Å². The molecule has 0 aliphatic rings. The summed E-state index contributed by atoms with van der Waals surface area (Å²) < 4.78 is 28.2. The summed E-state index contributed by atoms with van der Waals surface area (Å²) in [5.74, 6) is -0.793. The zero-order valence-corrected chi connectivity index (χ0v) is 15.4. The molecule has 0 unspecified atom stereocenters. The van der Waals surface area contributed by atoms with Gasteiger partial charge in [0.25, 0.3) is 5.91 Å². The fourth-order valence-electron chi connectivity index (χ4n) is 1.77. The third-order valence-electron chi connectivity index (χ3n) is 3.15. The number of methoxy groups -OCH3 is 1. The summed E-state index contributed by atoms with van der Waals surface area (Å²) in [5.41, 5.74) is 0.214. The zero-order chi connectivity index (χ0) is 19.3. The van der Waals surface area contributed by atoms with Crippen LogP contribution in [0.15, 0.2) is 28.1 Å². The monoisotopic (exact) mass is 394 g/mol. The Morgan fingerprint density at radius 1 is 1.46 bits per heavy atom. The molecule has 0 saturated heterocycles. The molecule has 1 aromatic heterocycles. The molecule has 0 fully saturated rings. The minimum Gasteiger partial charge on any atom is -0.504 e. The Morgan fingerprint density at radius 3 is 2.81 bits per heavy atom. The molecule has 9 nitrogen and oxygen atoms in total. The first-order valence-electron chi connectivity index (χ1n) is 7.17. The number of phenolic OH excluding ortho intramolecular Hbond substituents is 1. The molecule has 0 spiro atoms. The molecule has 136 valence electrons. The molecular formula is C15H14N4O5S2. The van der Waals surface area contributed by atoms with E-state index >= 15 is 0 Å². The Labute approximate surface area is 153 Å². The van der Waals surface area contributed by atoms with E-state index in [0.29, 0.717) is 16.9 Å². The van der Waals surface area contributed by atoms with Crippen LogP contribution in [0, 0.1) is 11.3 Å². The molecule has 11 heteroatoms. The van der Waals surface area contributed by atoms with Crippen LogP contribution < -0.4 is 10.1 Å². The van der Waals surface area contributed by atoms with Crippen molar-refractivity contribution < 1.29 is 23.1 Å². The van der Waals surface area contributed by atoms with Crippen molar-refractivity contribution in [2.45, 2.75) is 11.3 Å². The fraction of sp³-hybridized carbons (Fsp3) is 0.200. The number of hydrogen-bond acceptors (Lipinski definition) is 9. The number of carbonyl (C=O) groups is 1. The molecule has 2 rings (SSSR count). The third kappa shape index (κ3) is 4.35. The number of hydrogen-bond donors (Lipinski definition) is 2. The van der Waals surface area contributed by atoms with Crippen LogP contribution in [0.1, 0.15) is 12.5 Å². The fourth-order valence-corrected chi connectivity index (χ4v) is 3.76. The maximum Gasteiger partial charge on any atom is 0.268 e. The highest BCUT2D eigenvalue weighted by molar-refractivity contribution is 7.93. The van der Waals surface area contributed by atoms with Crippen molar-refractivity contribution in [2.75, 3.05) is 18.2 Å². The van der Waals surface area contributed by atoms with Crippen LogP contribution in [0.25, 0.3) is 6.08 Å². The Hall–Kier alpha value is -2.97. The molecule has 26 heavy (non-hydrogen) atoms. The van der Waals surface area contributed by atoms with E-state index in [1.807, 2.05) is 0 Å². The second kappa shape index (κ2) is 7.94. The molecule has 0 bridgehead atoms. The number of aromatic nitrogens is 2. The van der Waals surface area contributed by atoms with Gasteiger partial charge in [-0.2, -0.15) is 5.26 Å². The van der Waals surface area contributed by atoms with Gasteiger partial charge < -0.3 is 9.84 Å². The molecular weight excluding hydrogens is 380 g/mol. The number of nitriles is 1. The summed E-state index contributed by atoms with van der Waals surface area (Å²) in [6, 6.07) is 6.07. The molecule has 1 heterocycles. The molecule has 1 amide bonds. The van der Waals surface area contributed by atoms with Crippen LogP contribution in [0.2, 0.25) is 0 Å². The molecule has 0 radical (unpaired) electrons. The number of ether oxygens (including phenoxy) is 1. The van der Waals surface area contributed by atoms with E-state index in [0.717, 1.165) is 0 Å². The number of sulfone groups is 1.